The molecule has 1 aromatic rings. The second kappa shape index (κ2) is 7.14. The third kappa shape index (κ3) is 3.48. The molecule has 0 fully saturated rings. The van der Waals surface area contributed by atoms with Crippen LogP contribution in [0.2, 0.25) is 15.1 Å². The average molecular weight is 312 g/mol. The minimum Gasteiger partial charge on any atom is -0.396 e. The summed E-state index contributed by atoms with van der Waals surface area (Å²) in [6, 6.07) is 0. The lowest BCUT2D eigenvalue weighted by atomic mass is 10.3. The van der Waals surface area contributed by atoms with Crippen molar-refractivity contribution in [3.8, 4) is 0 Å². The molecule has 1 rings (SSSR count). The highest BCUT2D eigenvalue weighted by Crippen LogP contribution is 2.31. The van der Waals surface area contributed by atoms with Crippen molar-refractivity contribution in [2.45, 2.75) is 13.3 Å². The lowest BCUT2D eigenvalue weighted by Crippen LogP contribution is -2.33. The summed E-state index contributed by atoms with van der Waals surface area (Å²) in [4.78, 5) is 17.6. The second-order valence-corrected chi connectivity index (χ2v) is 4.71. The molecule has 7 heteroatoms. The zero-order valence-electron chi connectivity index (χ0n) is 9.79. The van der Waals surface area contributed by atoms with Crippen molar-refractivity contribution >= 4 is 40.7 Å². The number of carbonyl (C=O) groups excluding carboxylic acids is 1. The molecule has 0 aliphatic rings. The summed E-state index contributed by atoms with van der Waals surface area (Å²) in [5.74, 6) is -0.325. The summed E-state index contributed by atoms with van der Waals surface area (Å²) in [5, 5.41) is 9.16. The van der Waals surface area contributed by atoms with E-state index in [0.717, 1.165) is 0 Å². The summed E-state index contributed by atoms with van der Waals surface area (Å²) in [6.45, 7) is 2.79. The Labute approximate surface area is 120 Å². The Kier molecular flexibility index (Phi) is 6.15. The molecular formula is C11H13Cl3N2O2. The van der Waals surface area contributed by atoms with E-state index in [0.29, 0.717) is 19.5 Å². The maximum Gasteiger partial charge on any atom is 0.274 e. The van der Waals surface area contributed by atoms with Crippen molar-refractivity contribution in [3.05, 3.63) is 27.0 Å². The molecule has 0 aliphatic heterocycles. The van der Waals surface area contributed by atoms with E-state index >= 15 is 0 Å². The second-order valence-electron chi connectivity index (χ2n) is 3.54. The average Bonchev–Trinajstić information content (AvgIpc) is 2.37. The van der Waals surface area contributed by atoms with Crippen LogP contribution < -0.4 is 0 Å². The number of carbonyl (C=O) groups is 1. The number of hydrogen-bond donors (Lipinski definition) is 1. The smallest absolute Gasteiger partial charge is 0.274 e. The van der Waals surface area contributed by atoms with Gasteiger partial charge in [0.25, 0.3) is 5.91 Å². The van der Waals surface area contributed by atoms with E-state index < -0.39 is 0 Å². The number of aromatic nitrogens is 1. The van der Waals surface area contributed by atoms with Crippen molar-refractivity contribution in [1.29, 1.82) is 0 Å². The Bertz CT molecular complexity index is 441. The molecule has 1 heterocycles. The highest BCUT2D eigenvalue weighted by atomic mass is 35.5. The van der Waals surface area contributed by atoms with Gasteiger partial charge in [-0.3, -0.25) is 4.79 Å². The van der Waals surface area contributed by atoms with Crippen LogP contribution >= 0.6 is 34.8 Å². The molecule has 0 atom stereocenters. The van der Waals surface area contributed by atoms with Gasteiger partial charge in [0.05, 0.1) is 15.1 Å². The first-order valence-electron chi connectivity index (χ1n) is 5.42. The van der Waals surface area contributed by atoms with Crippen molar-refractivity contribution in [2.24, 2.45) is 0 Å². The minimum atomic E-state index is -0.325. The highest BCUT2D eigenvalue weighted by Gasteiger charge is 2.21. The number of rotatable bonds is 5. The molecule has 0 aliphatic carbocycles. The quantitative estimate of drug-likeness (QED) is 0.909. The molecule has 0 saturated heterocycles. The van der Waals surface area contributed by atoms with E-state index in [4.69, 9.17) is 39.9 Å². The molecular weight excluding hydrogens is 298 g/mol. The van der Waals surface area contributed by atoms with Crippen LogP contribution in [0.5, 0.6) is 0 Å². The zero-order valence-corrected chi connectivity index (χ0v) is 12.1. The normalized spacial score (nSPS) is 10.5. The standard InChI is InChI=1S/C11H13Cl3N2O2/c1-2-16(4-3-5-17)11(18)10-9(14)8(13)7(12)6-15-10/h6,17H,2-5H2,1H3. The van der Waals surface area contributed by atoms with Gasteiger partial charge in [-0.1, -0.05) is 34.8 Å². The molecule has 1 N–H and O–H groups in total. The van der Waals surface area contributed by atoms with Crippen molar-refractivity contribution in [1.82, 2.24) is 9.88 Å². The maximum atomic E-state index is 12.2. The van der Waals surface area contributed by atoms with Gasteiger partial charge in [-0.25, -0.2) is 4.98 Å². The van der Waals surface area contributed by atoms with Gasteiger partial charge in [-0.05, 0) is 13.3 Å². The van der Waals surface area contributed by atoms with E-state index in [1.54, 1.807) is 0 Å². The number of amides is 1. The lowest BCUT2D eigenvalue weighted by molar-refractivity contribution is 0.0748. The van der Waals surface area contributed by atoms with Gasteiger partial charge in [0.1, 0.15) is 5.69 Å². The van der Waals surface area contributed by atoms with Gasteiger partial charge >= 0.3 is 0 Å². The summed E-state index contributed by atoms with van der Waals surface area (Å²) >= 11 is 17.6. The van der Waals surface area contributed by atoms with Crippen LogP contribution in [0, 0.1) is 0 Å². The summed E-state index contributed by atoms with van der Waals surface area (Å²) in [7, 11) is 0. The van der Waals surface area contributed by atoms with Crippen LogP contribution in [-0.4, -0.2) is 40.6 Å². The predicted octanol–water partition coefficient (Wildman–Crippen LogP) is 2.89. The number of aliphatic hydroxyl groups is 1. The van der Waals surface area contributed by atoms with Crippen LogP contribution in [0.25, 0.3) is 0 Å². The van der Waals surface area contributed by atoms with E-state index in [2.05, 4.69) is 4.98 Å². The van der Waals surface area contributed by atoms with Gasteiger partial charge in [-0.15, -0.1) is 0 Å². The molecule has 0 radical (unpaired) electrons. The molecule has 0 saturated carbocycles. The fourth-order valence-electron chi connectivity index (χ4n) is 1.41. The van der Waals surface area contributed by atoms with Gasteiger partial charge < -0.3 is 10.0 Å². The van der Waals surface area contributed by atoms with Gasteiger partial charge in [0.15, 0.2) is 0 Å². The number of halogens is 3. The zero-order chi connectivity index (χ0) is 13.7. The molecule has 0 spiro atoms. The highest BCUT2D eigenvalue weighted by molar-refractivity contribution is 6.48. The third-order valence-electron chi connectivity index (χ3n) is 2.37. The molecule has 0 bridgehead atoms. The first-order chi connectivity index (χ1) is 8.52. The number of nitrogens with zero attached hydrogens (tertiary/aromatic N) is 2. The van der Waals surface area contributed by atoms with Gasteiger partial charge in [-0.2, -0.15) is 0 Å². The summed E-state index contributed by atoms with van der Waals surface area (Å²) < 4.78 is 0. The Morgan fingerprint density at radius 1 is 1.39 bits per heavy atom. The lowest BCUT2D eigenvalue weighted by Gasteiger charge is -2.20. The molecule has 100 valence electrons. The molecule has 1 amide bonds. The Hall–Kier alpha value is -0.550. The number of hydrogen-bond acceptors (Lipinski definition) is 3. The fourth-order valence-corrected chi connectivity index (χ4v) is 1.97. The first-order valence-corrected chi connectivity index (χ1v) is 6.55. The third-order valence-corrected chi connectivity index (χ3v) is 3.62. The van der Waals surface area contributed by atoms with E-state index in [-0.39, 0.29) is 33.3 Å². The van der Waals surface area contributed by atoms with E-state index in [9.17, 15) is 4.79 Å². The van der Waals surface area contributed by atoms with Gasteiger partial charge in [0, 0.05) is 25.9 Å². The first kappa shape index (κ1) is 15.5. The molecule has 18 heavy (non-hydrogen) atoms. The largest absolute Gasteiger partial charge is 0.396 e. The molecule has 1 aromatic heterocycles. The van der Waals surface area contributed by atoms with Gasteiger partial charge in [0.2, 0.25) is 0 Å². The van der Waals surface area contributed by atoms with Crippen molar-refractivity contribution < 1.29 is 9.90 Å². The molecule has 0 unspecified atom stereocenters. The van der Waals surface area contributed by atoms with E-state index in [1.807, 2.05) is 6.92 Å². The summed E-state index contributed by atoms with van der Waals surface area (Å²) in [5.41, 5.74) is 0.0749. The fraction of sp³-hybridized carbons (Fsp3) is 0.455. The maximum absolute atomic E-state index is 12.2. The topological polar surface area (TPSA) is 53.4 Å². The Morgan fingerprint density at radius 3 is 2.61 bits per heavy atom. The van der Waals surface area contributed by atoms with Crippen LogP contribution in [0.1, 0.15) is 23.8 Å². The van der Waals surface area contributed by atoms with Crippen LogP contribution in [0.4, 0.5) is 0 Å². The van der Waals surface area contributed by atoms with E-state index in [1.165, 1.54) is 11.1 Å². The molecule has 0 aromatic carbocycles. The Morgan fingerprint density at radius 2 is 2.06 bits per heavy atom. The van der Waals surface area contributed by atoms with Crippen LogP contribution in [-0.2, 0) is 0 Å². The Balaban J connectivity index is 2.98. The molecule has 4 nitrogen and oxygen atoms in total. The number of pyridine rings is 1. The van der Waals surface area contributed by atoms with Crippen LogP contribution in [0.15, 0.2) is 6.20 Å². The van der Waals surface area contributed by atoms with Crippen molar-refractivity contribution in [2.75, 3.05) is 19.7 Å². The minimum absolute atomic E-state index is 0.0202. The number of aliphatic hydroxyl groups excluding tert-OH is 1. The van der Waals surface area contributed by atoms with Crippen LogP contribution in [0.3, 0.4) is 0 Å². The summed E-state index contributed by atoms with van der Waals surface area (Å²) in [6.07, 6.45) is 1.79. The van der Waals surface area contributed by atoms with Crippen molar-refractivity contribution in [3.63, 3.8) is 0 Å². The monoisotopic (exact) mass is 310 g/mol. The predicted molar refractivity (Wildman–Crippen MR) is 72.5 cm³/mol. The SMILES string of the molecule is CCN(CCCO)C(=O)c1ncc(Cl)c(Cl)c1Cl.